The Bertz CT molecular complexity index is 1410. The van der Waals surface area contributed by atoms with Gasteiger partial charge in [0.2, 0.25) is 5.91 Å². The van der Waals surface area contributed by atoms with Crippen molar-refractivity contribution in [3.05, 3.63) is 83.6 Å². The van der Waals surface area contributed by atoms with Crippen molar-refractivity contribution in [2.45, 2.75) is 32.3 Å². The van der Waals surface area contributed by atoms with Crippen molar-refractivity contribution in [3.8, 4) is 5.75 Å². The smallest absolute Gasteiger partial charge is 0.245 e. The van der Waals surface area contributed by atoms with Crippen LogP contribution in [0.4, 0.5) is 11.5 Å². The topological polar surface area (TPSA) is 96.0 Å². The molecule has 36 heavy (non-hydrogen) atoms. The molecule has 0 aliphatic carbocycles. The van der Waals surface area contributed by atoms with Crippen molar-refractivity contribution in [1.29, 1.82) is 0 Å². The fourth-order valence-corrected chi connectivity index (χ4v) is 4.84. The van der Waals surface area contributed by atoms with Crippen LogP contribution < -0.4 is 10.1 Å². The molecule has 0 saturated carbocycles. The number of anilines is 2. The van der Waals surface area contributed by atoms with Crippen molar-refractivity contribution in [1.82, 2.24) is 24.8 Å². The Labute approximate surface area is 214 Å². The number of benzene rings is 1. The molecule has 0 unspecified atom stereocenters. The summed E-state index contributed by atoms with van der Waals surface area (Å²) in [4.78, 5) is 30.3. The number of carbonyl (C=O) groups is 1. The SMILES string of the molecule is C=CC(=O)N1CCC(c2c[nH]c3ncnc(Nc4ccc(OCc5cc(C)ccn5)c(Cl)c4)c23)CC1. The molecule has 8 nitrogen and oxygen atoms in total. The normalized spacial score (nSPS) is 14.1. The van der Waals surface area contributed by atoms with E-state index in [2.05, 4.69) is 31.8 Å². The molecular formula is C27H27ClN6O2. The minimum Gasteiger partial charge on any atom is -0.486 e. The zero-order valence-electron chi connectivity index (χ0n) is 20.0. The second kappa shape index (κ2) is 10.4. The van der Waals surface area contributed by atoms with Gasteiger partial charge in [0.25, 0.3) is 0 Å². The van der Waals surface area contributed by atoms with Gasteiger partial charge in [0.05, 0.1) is 16.1 Å². The summed E-state index contributed by atoms with van der Waals surface area (Å²) in [5.41, 5.74) is 4.68. The highest BCUT2D eigenvalue weighted by Crippen LogP contribution is 2.37. The van der Waals surface area contributed by atoms with E-state index in [1.807, 2.05) is 48.4 Å². The maximum Gasteiger partial charge on any atom is 0.245 e. The first-order chi connectivity index (χ1) is 17.5. The highest BCUT2D eigenvalue weighted by molar-refractivity contribution is 6.32. The molecular weight excluding hydrogens is 476 g/mol. The van der Waals surface area contributed by atoms with Gasteiger partial charge < -0.3 is 19.9 Å². The number of ether oxygens (including phenoxy) is 1. The minimum absolute atomic E-state index is 0.0162. The Morgan fingerprint density at radius 2 is 2.08 bits per heavy atom. The number of piperidine rings is 1. The average Bonchev–Trinajstić information content (AvgIpc) is 3.33. The van der Waals surface area contributed by atoms with E-state index >= 15 is 0 Å². The highest BCUT2D eigenvalue weighted by atomic mass is 35.5. The van der Waals surface area contributed by atoms with Crippen LogP contribution in [-0.4, -0.2) is 43.8 Å². The first-order valence-electron chi connectivity index (χ1n) is 11.9. The molecule has 0 bridgehead atoms. The van der Waals surface area contributed by atoms with Crippen molar-refractivity contribution >= 4 is 40.0 Å². The summed E-state index contributed by atoms with van der Waals surface area (Å²) in [6, 6.07) is 9.50. The summed E-state index contributed by atoms with van der Waals surface area (Å²) in [6.07, 6.45) is 8.42. The third kappa shape index (κ3) is 5.04. The third-order valence-electron chi connectivity index (χ3n) is 6.46. The van der Waals surface area contributed by atoms with Crippen LogP contribution in [0.1, 0.15) is 35.6 Å². The van der Waals surface area contributed by atoms with Crippen LogP contribution in [0.2, 0.25) is 5.02 Å². The van der Waals surface area contributed by atoms with Crippen LogP contribution in [0.15, 0.2) is 61.7 Å². The molecule has 4 heterocycles. The molecule has 1 aromatic carbocycles. The van der Waals surface area contributed by atoms with Crippen molar-refractivity contribution in [2.75, 3.05) is 18.4 Å². The number of hydrogen-bond acceptors (Lipinski definition) is 6. The number of likely N-dealkylation sites (tertiary alicyclic amines) is 1. The molecule has 5 rings (SSSR count). The maximum absolute atomic E-state index is 12.0. The lowest BCUT2D eigenvalue weighted by Gasteiger charge is -2.31. The molecule has 1 fully saturated rings. The molecule has 1 aliphatic heterocycles. The van der Waals surface area contributed by atoms with Crippen LogP contribution in [0, 0.1) is 6.92 Å². The second-order valence-corrected chi connectivity index (χ2v) is 9.28. The molecule has 3 aromatic heterocycles. The quantitative estimate of drug-likeness (QED) is 0.322. The molecule has 2 N–H and O–H groups in total. The monoisotopic (exact) mass is 502 g/mol. The van der Waals surface area contributed by atoms with E-state index in [-0.39, 0.29) is 5.91 Å². The van der Waals surface area contributed by atoms with Gasteiger partial charge in [-0.15, -0.1) is 0 Å². The highest BCUT2D eigenvalue weighted by Gasteiger charge is 2.26. The summed E-state index contributed by atoms with van der Waals surface area (Å²) in [6.45, 7) is 7.36. The number of aromatic nitrogens is 4. The summed E-state index contributed by atoms with van der Waals surface area (Å²) in [5, 5.41) is 4.84. The molecule has 4 aromatic rings. The summed E-state index contributed by atoms with van der Waals surface area (Å²) < 4.78 is 5.89. The summed E-state index contributed by atoms with van der Waals surface area (Å²) in [5.74, 6) is 1.57. The van der Waals surface area contributed by atoms with Crippen molar-refractivity contribution in [3.63, 3.8) is 0 Å². The first-order valence-corrected chi connectivity index (χ1v) is 12.2. The van der Waals surface area contributed by atoms with Gasteiger partial charge in [-0.2, -0.15) is 0 Å². The first kappa shape index (κ1) is 23.8. The van der Waals surface area contributed by atoms with Gasteiger partial charge >= 0.3 is 0 Å². The number of aromatic amines is 1. The molecule has 9 heteroatoms. The number of nitrogens with zero attached hydrogens (tertiary/aromatic N) is 4. The minimum atomic E-state index is -0.0162. The van der Waals surface area contributed by atoms with Crippen molar-refractivity contribution in [2.24, 2.45) is 0 Å². The third-order valence-corrected chi connectivity index (χ3v) is 6.76. The molecule has 184 valence electrons. The lowest BCUT2D eigenvalue weighted by molar-refractivity contribution is -0.127. The van der Waals surface area contributed by atoms with Crippen LogP contribution in [0.3, 0.4) is 0 Å². The average molecular weight is 503 g/mol. The van der Waals surface area contributed by atoms with E-state index in [1.54, 1.807) is 6.20 Å². The zero-order valence-corrected chi connectivity index (χ0v) is 20.8. The standard InChI is InChI=1S/C27H27ClN6O2/c1-3-24(35)34-10-7-18(8-11-34)21-14-30-26-25(21)27(32-16-31-26)33-19-4-5-23(22(28)13-19)36-15-20-12-17(2)6-9-29-20/h3-6,9,12-14,16,18H,1,7-8,10-11,15H2,2H3,(H2,30,31,32,33). The molecule has 1 saturated heterocycles. The number of halogens is 1. The van der Waals surface area contributed by atoms with Gasteiger partial charge in [0.1, 0.15) is 30.1 Å². The number of H-pyrrole nitrogens is 1. The Kier molecular flexibility index (Phi) is 6.86. The lowest BCUT2D eigenvalue weighted by Crippen LogP contribution is -2.36. The second-order valence-electron chi connectivity index (χ2n) is 8.88. The molecule has 0 atom stereocenters. The lowest BCUT2D eigenvalue weighted by atomic mass is 9.89. The zero-order chi connectivity index (χ0) is 25.1. The van der Waals surface area contributed by atoms with Crippen LogP contribution in [0.5, 0.6) is 5.75 Å². The molecule has 1 aliphatic rings. The number of aryl methyl sites for hydroxylation is 1. The van der Waals surface area contributed by atoms with E-state index in [9.17, 15) is 4.79 Å². The van der Waals surface area contributed by atoms with Gasteiger partial charge in [-0.3, -0.25) is 9.78 Å². The van der Waals surface area contributed by atoms with Crippen LogP contribution >= 0.6 is 11.6 Å². The predicted octanol–water partition coefficient (Wildman–Crippen LogP) is 5.53. The summed E-state index contributed by atoms with van der Waals surface area (Å²) >= 11 is 6.53. The van der Waals surface area contributed by atoms with Gasteiger partial charge in [-0.25, -0.2) is 9.97 Å². The van der Waals surface area contributed by atoms with E-state index in [0.29, 0.717) is 42.2 Å². The number of fused-ring (bicyclic) bond motifs is 1. The predicted molar refractivity (Wildman–Crippen MR) is 141 cm³/mol. The maximum atomic E-state index is 12.0. The van der Waals surface area contributed by atoms with E-state index in [1.165, 1.54) is 12.4 Å². The van der Waals surface area contributed by atoms with Gasteiger partial charge in [0.15, 0.2) is 0 Å². The number of nitrogens with one attached hydrogen (secondary N) is 2. The Hall–Kier alpha value is -3.91. The Morgan fingerprint density at radius 3 is 2.83 bits per heavy atom. The Morgan fingerprint density at radius 1 is 1.25 bits per heavy atom. The molecule has 1 amide bonds. The fraction of sp³-hybridized carbons (Fsp3) is 0.259. The number of amides is 1. The fourth-order valence-electron chi connectivity index (χ4n) is 4.61. The number of hydrogen-bond donors (Lipinski definition) is 2. The largest absolute Gasteiger partial charge is 0.486 e. The Balaban J connectivity index is 1.33. The van der Waals surface area contributed by atoms with E-state index in [0.717, 1.165) is 46.4 Å². The van der Waals surface area contributed by atoms with Gasteiger partial charge in [-0.1, -0.05) is 18.2 Å². The van der Waals surface area contributed by atoms with Gasteiger partial charge in [-0.05, 0) is 73.2 Å². The van der Waals surface area contributed by atoms with Crippen LogP contribution in [-0.2, 0) is 11.4 Å². The molecule has 0 spiro atoms. The van der Waals surface area contributed by atoms with Gasteiger partial charge in [0, 0.05) is 31.2 Å². The summed E-state index contributed by atoms with van der Waals surface area (Å²) in [7, 11) is 0. The van der Waals surface area contributed by atoms with Crippen molar-refractivity contribution < 1.29 is 9.53 Å². The number of carbonyl (C=O) groups excluding carboxylic acids is 1. The van der Waals surface area contributed by atoms with E-state index < -0.39 is 0 Å². The van der Waals surface area contributed by atoms with Crippen LogP contribution in [0.25, 0.3) is 11.0 Å². The molecule has 0 radical (unpaired) electrons. The number of pyridine rings is 1. The number of rotatable bonds is 7. The van der Waals surface area contributed by atoms with E-state index in [4.69, 9.17) is 16.3 Å².